The molecule has 0 aliphatic carbocycles. The molecule has 0 atom stereocenters. The fourth-order valence-electron chi connectivity index (χ4n) is 2.28. The molecule has 0 saturated heterocycles. The van der Waals surface area contributed by atoms with Gasteiger partial charge in [0.15, 0.2) is 0 Å². The van der Waals surface area contributed by atoms with Crippen molar-refractivity contribution < 1.29 is 70.2 Å². The molecule has 0 aromatic heterocycles. The van der Waals surface area contributed by atoms with E-state index in [0.29, 0.717) is 12.2 Å². The van der Waals surface area contributed by atoms with E-state index in [0.717, 1.165) is 13.0 Å². The molecule has 0 spiro atoms. The minimum absolute atomic E-state index is 0.388. The smallest absolute Gasteiger partial charge is 0.200 e. The molecule has 0 bridgehead atoms. The normalized spacial score (nSPS) is 15.9. The molecule has 0 N–H and O–H groups in total. The van der Waals surface area contributed by atoms with Crippen molar-refractivity contribution in [2.24, 2.45) is 0 Å². The van der Waals surface area contributed by atoms with Crippen LogP contribution in [0.25, 0.3) is 0 Å². The van der Waals surface area contributed by atoms with Gasteiger partial charge in [-0.05, 0) is 19.8 Å². The first-order valence-electron chi connectivity index (χ1n) is 8.62. The van der Waals surface area contributed by atoms with E-state index in [4.69, 9.17) is 0 Å². The van der Waals surface area contributed by atoms with Gasteiger partial charge in [0.25, 0.3) is 0 Å². The third-order valence-corrected chi connectivity index (χ3v) is 4.41. The summed E-state index contributed by atoms with van der Waals surface area (Å²) in [6.07, 6.45) is -5.36. The van der Waals surface area contributed by atoms with E-state index in [9.17, 15) is 70.2 Å². The Balaban J connectivity index is 6.60. The molecule has 0 aromatic carbocycles. The van der Waals surface area contributed by atoms with Crippen molar-refractivity contribution in [3.63, 3.8) is 0 Å². The molecule has 33 heavy (non-hydrogen) atoms. The van der Waals surface area contributed by atoms with E-state index in [1.54, 1.807) is 0 Å². The van der Waals surface area contributed by atoms with Crippen molar-refractivity contribution in [3.05, 3.63) is 24.8 Å². The van der Waals surface area contributed by atoms with Crippen LogP contribution in [0, 0.1) is 0 Å². The van der Waals surface area contributed by atoms with Crippen LogP contribution in [0.4, 0.5) is 70.2 Å². The highest BCUT2D eigenvalue weighted by molar-refractivity contribution is 5.16. The van der Waals surface area contributed by atoms with Gasteiger partial charge in [0.2, 0.25) is 0 Å². The Morgan fingerprint density at radius 2 is 0.758 bits per heavy atom. The van der Waals surface area contributed by atoms with Gasteiger partial charge in [0.05, 0.1) is 0 Å². The molecule has 0 saturated carbocycles. The van der Waals surface area contributed by atoms with Gasteiger partial charge in [-0.1, -0.05) is 18.2 Å². The van der Waals surface area contributed by atoms with E-state index < -0.39 is 73.1 Å². The number of halogens is 16. The molecular weight excluding hydrogens is 508 g/mol. The first-order chi connectivity index (χ1) is 14.4. The van der Waals surface area contributed by atoms with Crippen LogP contribution in [0.2, 0.25) is 0 Å². The predicted octanol–water partition coefficient (Wildman–Crippen LogP) is 8.39. The Hall–Kier alpha value is -1.64. The topological polar surface area (TPSA) is 0 Å². The fraction of sp³-hybridized carbons (Fsp3) is 0.765. The number of hydrogen-bond acceptors (Lipinski definition) is 0. The number of alkyl halides is 16. The summed E-state index contributed by atoms with van der Waals surface area (Å²) in [5.41, 5.74) is 0. The van der Waals surface area contributed by atoms with Gasteiger partial charge >= 0.3 is 47.4 Å². The van der Waals surface area contributed by atoms with E-state index in [2.05, 4.69) is 6.58 Å². The van der Waals surface area contributed by atoms with E-state index in [-0.39, 0.29) is 0 Å². The average molecular weight is 524 g/mol. The minimum atomic E-state index is -8.37. The van der Waals surface area contributed by atoms with Gasteiger partial charge in [0.1, 0.15) is 0 Å². The molecule has 0 aliphatic rings. The molecule has 0 aliphatic heterocycles. The lowest BCUT2D eigenvalue weighted by Gasteiger charge is -2.43. The summed E-state index contributed by atoms with van der Waals surface area (Å²) in [6.45, 7) is 3.83. The highest BCUT2D eigenvalue weighted by Gasteiger charge is 2.94. The first-order valence-corrected chi connectivity index (χ1v) is 8.62. The second kappa shape index (κ2) is 9.19. The minimum Gasteiger partial charge on any atom is -0.200 e. The van der Waals surface area contributed by atoms with Crippen LogP contribution in [0.5, 0.6) is 0 Å². The zero-order valence-electron chi connectivity index (χ0n) is 16.3. The standard InChI is InChI=1S/C17H16F16/c1-3-5-7-9-11(20,21)13(24,25)15(28,29)17(32,33)16(30,31)14(26,27)12(22,23)10(18,19)8-6-4-2/h3-5H,2,6-9H2,1H3. The molecule has 0 unspecified atom stereocenters. The lowest BCUT2D eigenvalue weighted by atomic mass is 9.86. The molecule has 0 fully saturated rings. The van der Waals surface area contributed by atoms with Gasteiger partial charge in [-0.2, -0.15) is 70.2 Å². The molecule has 0 amide bonds. The predicted molar refractivity (Wildman–Crippen MR) is 83.1 cm³/mol. The lowest BCUT2D eigenvalue weighted by molar-refractivity contribution is -0.453. The molecule has 0 heterocycles. The first kappa shape index (κ1) is 31.4. The van der Waals surface area contributed by atoms with Gasteiger partial charge in [0, 0.05) is 12.8 Å². The summed E-state index contributed by atoms with van der Waals surface area (Å²) in [4.78, 5) is 0. The monoisotopic (exact) mass is 524 g/mol. The molecule has 16 heteroatoms. The van der Waals surface area contributed by atoms with Crippen molar-refractivity contribution in [2.45, 2.75) is 80.0 Å². The maximum Gasteiger partial charge on any atom is 0.384 e. The number of rotatable bonds is 13. The van der Waals surface area contributed by atoms with Crippen molar-refractivity contribution in [2.75, 3.05) is 0 Å². The van der Waals surface area contributed by atoms with E-state index >= 15 is 0 Å². The number of allylic oxidation sites excluding steroid dienone is 3. The molecule has 196 valence electrons. The van der Waals surface area contributed by atoms with Crippen molar-refractivity contribution in [1.82, 2.24) is 0 Å². The Morgan fingerprint density at radius 1 is 0.485 bits per heavy atom. The van der Waals surface area contributed by atoms with Gasteiger partial charge in [-0.15, -0.1) is 6.58 Å². The highest BCUT2D eigenvalue weighted by Crippen LogP contribution is 2.64. The summed E-state index contributed by atoms with van der Waals surface area (Å²) in [7, 11) is 0. The molecular formula is C17H16F16. The third-order valence-electron chi connectivity index (χ3n) is 4.41. The van der Waals surface area contributed by atoms with Crippen molar-refractivity contribution in [1.29, 1.82) is 0 Å². The van der Waals surface area contributed by atoms with Crippen molar-refractivity contribution in [3.8, 4) is 0 Å². The Labute approximate surface area is 176 Å². The van der Waals surface area contributed by atoms with Gasteiger partial charge < -0.3 is 0 Å². The second-order valence-corrected chi connectivity index (χ2v) is 6.79. The maximum atomic E-state index is 13.7. The summed E-state index contributed by atoms with van der Waals surface area (Å²) < 4.78 is 217. The number of hydrogen-bond donors (Lipinski definition) is 0. The SMILES string of the molecule is C=CCCC(F)(F)C(F)(F)C(F)(F)C(F)(F)C(F)(F)C(F)(F)C(F)(F)C(F)(F)CCC=CC. The third kappa shape index (κ3) is 4.66. The average Bonchev–Trinajstić information content (AvgIpc) is 2.65. The van der Waals surface area contributed by atoms with E-state index in [1.165, 1.54) is 0 Å². The van der Waals surface area contributed by atoms with Gasteiger partial charge in [-0.25, -0.2) is 0 Å². The van der Waals surface area contributed by atoms with Crippen LogP contribution in [0.3, 0.4) is 0 Å². The molecule has 0 aromatic rings. The summed E-state index contributed by atoms with van der Waals surface area (Å²) >= 11 is 0. The molecule has 0 nitrogen and oxygen atoms in total. The fourth-order valence-corrected chi connectivity index (χ4v) is 2.28. The Kier molecular flexibility index (Phi) is 8.73. The Bertz CT molecular complexity index is 704. The summed E-state index contributed by atoms with van der Waals surface area (Å²) in [5, 5.41) is 0. The summed E-state index contributed by atoms with van der Waals surface area (Å²) in [6, 6.07) is 0. The quantitative estimate of drug-likeness (QED) is 0.168. The maximum absolute atomic E-state index is 13.7. The van der Waals surface area contributed by atoms with Crippen LogP contribution in [0.15, 0.2) is 24.8 Å². The second-order valence-electron chi connectivity index (χ2n) is 6.79. The van der Waals surface area contributed by atoms with Crippen molar-refractivity contribution >= 4 is 0 Å². The van der Waals surface area contributed by atoms with Crippen LogP contribution in [0.1, 0.15) is 32.6 Å². The zero-order chi connectivity index (χ0) is 26.9. The molecule has 0 rings (SSSR count). The van der Waals surface area contributed by atoms with Gasteiger partial charge in [-0.3, -0.25) is 0 Å². The highest BCUT2D eigenvalue weighted by atomic mass is 19.4. The van der Waals surface area contributed by atoms with E-state index in [1.807, 2.05) is 0 Å². The zero-order valence-corrected chi connectivity index (χ0v) is 16.3. The largest absolute Gasteiger partial charge is 0.384 e. The van der Waals surface area contributed by atoms with Crippen LogP contribution in [-0.2, 0) is 0 Å². The van der Waals surface area contributed by atoms with Crippen LogP contribution in [-0.4, -0.2) is 47.4 Å². The lowest BCUT2D eigenvalue weighted by Crippen LogP contribution is -2.74. The van der Waals surface area contributed by atoms with Crippen LogP contribution < -0.4 is 0 Å². The molecule has 0 radical (unpaired) electrons. The van der Waals surface area contributed by atoms with Crippen LogP contribution >= 0.6 is 0 Å². The summed E-state index contributed by atoms with van der Waals surface area (Å²) in [5.74, 6) is -60.5. The Morgan fingerprint density at radius 3 is 1.03 bits per heavy atom.